The zero-order valence-electron chi connectivity index (χ0n) is 10.2. The second-order valence-corrected chi connectivity index (χ2v) is 4.34. The number of aliphatic hydroxyl groups is 1. The van der Waals surface area contributed by atoms with Crippen molar-refractivity contribution >= 4 is 5.91 Å². The molecular formula is C11H19N3O2. The Kier molecular flexibility index (Phi) is 3.70. The van der Waals surface area contributed by atoms with E-state index in [1.807, 2.05) is 6.92 Å². The molecule has 0 bridgehead atoms. The van der Waals surface area contributed by atoms with Crippen molar-refractivity contribution in [3.05, 3.63) is 17.0 Å². The van der Waals surface area contributed by atoms with Gasteiger partial charge in [-0.2, -0.15) is 5.10 Å². The molecule has 1 aromatic rings. The third-order valence-corrected chi connectivity index (χ3v) is 2.75. The summed E-state index contributed by atoms with van der Waals surface area (Å²) in [7, 11) is 0. The molecule has 3 N–H and O–H groups in total. The van der Waals surface area contributed by atoms with Gasteiger partial charge in [0.2, 0.25) is 0 Å². The molecule has 0 aliphatic rings. The molecule has 0 aromatic carbocycles. The van der Waals surface area contributed by atoms with Crippen LogP contribution >= 0.6 is 0 Å². The molecule has 5 heteroatoms. The zero-order valence-corrected chi connectivity index (χ0v) is 10.2. The SMILES string of the molecule is CCC(C)(O)CNC(=O)c1c(C)n[nH]c1C. The predicted molar refractivity (Wildman–Crippen MR) is 61.3 cm³/mol. The summed E-state index contributed by atoms with van der Waals surface area (Å²) in [5, 5.41) is 19.2. The topological polar surface area (TPSA) is 78.0 Å². The van der Waals surface area contributed by atoms with Crippen LogP contribution in [0.2, 0.25) is 0 Å². The van der Waals surface area contributed by atoms with Gasteiger partial charge in [-0.1, -0.05) is 6.92 Å². The fourth-order valence-corrected chi connectivity index (χ4v) is 1.37. The van der Waals surface area contributed by atoms with Gasteiger partial charge < -0.3 is 10.4 Å². The molecule has 0 saturated carbocycles. The number of amides is 1. The number of H-pyrrole nitrogens is 1. The van der Waals surface area contributed by atoms with E-state index in [1.54, 1.807) is 20.8 Å². The lowest BCUT2D eigenvalue weighted by Gasteiger charge is -2.21. The summed E-state index contributed by atoms with van der Waals surface area (Å²) < 4.78 is 0. The quantitative estimate of drug-likeness (QED) is 0.713. The predicted octanol–water partition coefficient (Wildman–Crippen LogP) is 0.917. The van der Waals surface area contributed by atoms with E-state index in [0.29, 0.717) is 17.7 Å². The van der Waals surface area contributed by atoms with E-state index in [1.165, 1.54) is 0 Å². The van der Waals surface area contributed by atoms with Crippen LogP contribution in [0.3, 0.4) is 0 Å². The van der Waals surface area contributed by atoms with E-state index in [9.17, 15) is 9.90 Å². The van der Waals surface area contributed by atoms with Gasteiger partial charge in [-0.3, -0.25) is 9.89 Å². The first-order valence-corrected chi connectivity index (χ1v) is 5.39. The van der Waals surface area contributed by atoms with Crippen LogP contribution in [0.5, 0.6) is 0 Å². The first-order valence-electron chi connectivity index (χ1n) is 5.39. The molecule has 0 saturated heterocycles. The molecule has 0 aliphatic heterocycles. The minimum Gasteiger partial charge on any atom is -0.388 e. The number of hydrogen-bond donors (Lipinski definition) is 3. The fraction of sp³-hybridized carbons (Fsp3) is 0.636. The van der Waals surface area contributed by atoms with Gasteiger partial charge in [0, 0.05) is 12.2 Å². The van der Waals surface area contributed by atoms with Crippen molar-refractivity contribution in [1.29, 1.82) is 0 Å². The number of hydrogen-bond acceptors (Lipinski definition) is 3. The summed E-state index contributed by atoms with van der Waals surface area (Å²) in [6, 6.07) is 0. The summed E-state index contributed by atoms with van der Waals surface area (Å²) >= 11 is 0. The van der Waals surface area contributed by atoms with E-state index < -0.39 is 5.60 Å². The third kappa shape index (κ3) is 2.82. The summed E-state index contributed by atoms with van der Waals surface area (Å²) in [4.78, 5) is 11.8. The van der Waals surface area contributed by atoms with Crippen molar-refractivity contribution in [1.82, 2.24) is 15.5 Å². The van der Waals surface area contributed by atoms with E-state index in [-0.39, 0.29) is 12.5 Å². The highest BCUT2D eigenvalue weighted by Gasteiger charge is 2.21. The minimum absolute atomic E-state index is 0.197. The summed E-state index contributed by atoms with van der Waals surface area (Å²) in [5.74, 6) is -0.197. The van der Waals surface area contributed by atoms with Gasteiger partial charge in [0.1, 0.15) is 0 Å². The average molecular weight is 225 g/mol. The molecule has 1 unspecified atom stereocenters. The second kappa shape index (κ2) is 4.65. The van der Waals surface area contributed by atoms with Crippen molar-refractivity contribution in [2.45, 2.75) is 39.7 Å². The average Bonchev–Trinajstić information content (AvgIpc) is 2.55. The molecule has 1 heterocycles. The van der Waals surface area contributed by atoms with Crippen LogP contribution < -0.4 is 5.32 Å². The third-order valence-electron chi connectivity index (χ3n) is 2.75. The van der Waals surface area contributed by atoms with Gasteiger partial charge >= 0.3 is 0 Å². The number of aromatic amines is 1. The van der Waals surface area contributed by atoms with Crippen LogP contribution in [0, 0.1) is 13.8 Å². The molecular weight excluding hydrogens is 206 g/mol. The Hall–Kier alpha value is -1.36. The van der Waals surface area contributed by atoms with Gasteiger partial charge in [-0.05, 0) is 27.2 Å². The number of nitrogens with zero attached hydrogens (tertiary/aromatic N) is 1. The first kappa shape index (κ1) is 12.7. The van der Waals surface area contributed by atoms with Gasteiger partial charge in [0.05, 0.1) is 16.9 Å². The molecule has 1 atom stereocenters. The van der Waals surface area contributed by atoms with Crippen molar-refractivity contribution in [3.63, 3.8) is 0 Å². The molecule has 1 amide bonds. The van der Waals surface area contributed by atoms with Gasteiger partial charge in [-0.15, -0.1) is 0 Å². The zero-order chi connectivity index (χ0) is 12.3. The lowest BCUT2D eigenvalue weighted by Crippen LogP contribution is -2.40. The van der Waals surface area contributed by atoms with Crippen LogP contribution in [-0.2, 0) is 0 Å². The Bertz CT molecular complexity index is 363. The van der Waals surface area contributed by atoms with Crippen LogP contribution in [0.25, 0.3) is 0 Å². The highest BCUT2D eigenvalue weighted by molar-refractivity contribution is 5.96. The maximum atomic E-state index is 11.8. The van der Waals surface area contributed by atoms with Crippen molar-refractivity contribution in [2.75, 3.05) is 6.54 Å². The molecule has 0 fully saturated rings. The van der Waals surface area contributed by atoms with Gasteiger partial charge in [-0.25, -0.2) is 0 Å². The highest BCUT2D eigenvalue weighted by Crippen LogP contribution is 2.10. The number of carbonyl (C=O) groups is 1. The fourth-order valence-electron chi connectivity index (χ4n) is 1.37. The number of nitrogens with one attached hydrogen (secondary N) is 2. The second-order valence-electron chi connectivity index (χ2n) is 4.34. The van der Waals surface area contributed by atoms with Crippen LogP contribution in [0.15, 0.2) is 0 Å². The maximum Gasteiger partial charge on any atom is 0.255 e. The lowest BCUT2D eigenvalue weighted by atomic mass is 10.0. The highest BCUT2D eigenvalue weighted by atomic mass is 16.3. The Morgan fingerprint density at radius 3 is 2.62 bits per heavy atom. The molecule has 0 spiro atoms. The van der Waals surface area contributed by atoms with Crippen molar-refractivity contribution in [3.8, 4) is 0 Å². The smallest absolute Gasteiger partial charge is 0.255 e. The normalized spacial score (nSPS) is 14.6. The minimum atomic E-state index is -0.860. The maximum absolute atomic E-state index is 11.8. The number of carbonyl (C=O) groups excluding carboxylic acids is 1. The van der Waals surface area contributed by atoms with Crippen LogP contribution in [0.1, 0.15) is 42.0 Å². The van der Waals surface area contributed by atoms with Gasteiger partial charge in [0.25, 0.3) is 5.91 Å². The Morgan fingerprint density at radius 1 is 1.56 bits per heavy atom. The Labute approximate surface area is 95.3 Å². The Morgan fingerprint density at radius 2 is 2.19 bits per heavy atom. The monoisotopic (exact) mass is 225 g/mol. The van der Waals surface area contributed by atoms with Crippen LogP contribution in [-0.4, -0.2) is 33.4 Å². The number of aromatic nitrogens is 2. The van der Waals surface area contributed by atoms with E-state index in [2.05, 4.69) is 15.5 Å². The van der Waals surface area contributed by atoms with Crippen molar-refractivity contribution in [2.24, 2.45) is 0 Å². The summed E-state index contributed by atoms with van der Waals surface area (Å²) in [6.45, 7) is 7.39. The number of rotatable bonds is 4. The molecule has 16 heavy (non-hydrogen) atoms. The molecule has 0 radical (unpaired) electrons. The van der Waals surface area contributed by atoms with E-state index >= 15 is 0 Å². The number of aryl methyl sites for hydroxylation is 2. The molecule has 5 nitrogen and oxygen atoms in total. The Balaban J connectivity index is 2.67. The molecule has 0 aliphatic carbocycles. The van der Waals surface area contributed by atoms with E-state index in [4.69, 9.17) is 0 Å². The molecule has 90 valence electrons. The standard InChI is InChI=1S/C11H19N3O2/c1-5-11(4,16)6-12-10(15)9-7(2)13-14-8(9)3/h16H,5-6H2,1-4H3,(H,12,15)(H,13,14). The molecule has 1 aromatic heterocycles. The first-order chi connectivity index (χ1) is 7.37. The van der Waals surface area contributed by atoms with E-state index in [0.717, 1.165) is 5.69 Å². The molecule has 1 rings (SSSR count). The summed E-state index contributed by atoms with van der Waals surface area (Å²) in [6.07, 6.45) is 0.594. The lowest BCUT2D eigenvalue weighted by molar-refractivity contribution is 0.0518. The van der Waals surface area contributed by atoms with Crippen molar-refractivity contribution < 1.29 is 9.90 Å². The largest absolute Gasteiger partial charge is 0.388 e. The summed E-state index contributed by atoms with van der Waals surface area (Å²) in [5.41, 5.74) is 1.12. The van der Waals surface area contributed by atoms with Crippen LogP contribution in [0.4, 0.5) is 0 Å². The van der Waals surface area contributed by atoms with Gasteiger partial charge in [0.15, 0.2) is 0 Å².